The highest BCUT2D eigenvalue weighted by atomic mass is 32.2. The van der Waals surface area contributed by atoms with E-state index in [4.69, 9.17) is 5.73 Å². The fourth-order valence-electron chi connectivity index (χ4n) is 2.62. The van der Waals surface area contributed by atoms with Crippen molar-refractivity contribution < 1.29 is 29.4 Å². The lowest BCUT2D eigenvalue weighted by Gasteiger charge is -2.49. The van der Waals surface area contributed by atoms with Crippen LogP contribution in [0.15, 0.2) is 16.4 Å². The molecule has 1 saturated heterocycles. The molecule has 27 heavy (non-hydrogen) atoms. The van der Waals surface area contributed by atoms with Crippen LogP contribution in [0.1, 0.15) is 5.82 Å². The number of anilines is 1. The molecule has 0 spiro atoms. The molecule has 1 aromatic heterocycles. The largest absolute Gasteiger partial charge is 0.477 e. The number of aliphatic hydroxyl groups excluding tert-OH is 1. The van der Waals surface area contributed by atoms with Gasteiger partial charge in [0.25, 0.3) is 11.8 Å². The van der Waals surface area contributed by atoms with Gasteiger partial charge in [0.1, 0.15) is 24.2 Å². The lowest BCUT2D eigenvalue weighted by Crippen LogP contribution is -2.71. The second-order valence-corrected chi connectivity index (χ2v) is 7.24. The molecule has 3 heterocycles. The summed E-state index contributed by atoms with van der Waals surface area (Å²) in [7, 11) is 1.23. The molecule has 2 aliphatic rings. The summed E-state index contributed by atoms with van der Waals surface area (Å²) in [6.45, 7) is -0.469. The van der Waals surface area contributed by atoms with Crippen LogP contribution in [0.25, 0.3) is 0 Å². The minimum Gasteiger partial charge on any atom is -0.477 e. The summed E-state index contributed by atoms with van der Waals surface area (Å²) in [6.07, 6.45) is 0. The number of aromatic nitrogens is 2. The fraction of sp³-hybridized carbons (Fsp3) is 0.385. The Balaban J connectivity index is 1.79. The number of thioether (sulfide) groups is 1. The molecule has 5 N–H and O–H groups in total. The van der Waals surface area contributed by atoms with Crippen LogP contribution >= 0.6 is 23.3 Å². The van der Waals surface area contributed by atoms with Gasteiger partial charge in [-0.1, -0.05) is 5.16 Å². The van der Waals surface area contributed by atoms with Gasteiger partial charge in [-0.3, -0.25) is 14.5 Å². The summed E-state index contributed by atoms with van der Waals surface area (Å²) in [6, 6.07) is -0.963. The number of aliphatic hydroxyl groups is 1. The second kappa shape index (κ2) is 7.50. The molecular weight excluding hydrogens is 400 g/mol. The van der Waals surface area contributed by atoms with Crippen molar-refractivity contribution in [2.24, 2.45) is 5.16 Å². The van der Waals surface area contributed by atoms with Gasteiger partial charge in [-0.15, -0.1) is 11.8 Å². The van der Waals surface area contributed by atoms with Gasteiger partial charge < -0.3 is 26.1 Å². The van der Waals surface area contributed by atoms with Crippen LogP contribution in [0.5, 0.6) is 0 Å². The Hall–Kier alpha value is -2.71. The Morgan fingerprint density at radius 3 is 2.81 bits per heavy atom. The van der Waals surface area contributed by atoms with Crippen LogP contribution in [0.3, 0.4) is 0 Å². The highest BCUT2D eigenvalue weighted by Crippen LogP contribution is 2.40. The number of oxime groups is 1. The molecular formula is C13H14N6O6S2. The van der Waals surface area contributed by atoms with E-state index in [2.05, 4.69) is 24.7 Å². The number of rotatable bonds is 6. The summed E-state index contributed by atoms with van der Waals surface area (Å²) >= 11 is 2.10. The van der Waals surface area contributed by atoms with E-state index in [0.29, 0.717) is 0 Å². The Kier molecular flexibility index (Phi) is 5.29. The maximum Gasteiger partial charge on any atom is 0.352 e. The van der Waals surface area contributed by atoms with Crippen molar-refractivity contribution in [2.45, 2.75) is 11.4 Å². The van der Waals surface area contributed by atoms with Crippen molar-refractivity contribution in [2.75, 3.05) is 25.2 Å². The minimum absolute atomic E-state index is 0.0505. The minimum atomic E-state index is -1.31. The van der Waals surface area contributed by atoms with Crippen LogP contribution in [0, 0.1) is 0 Å². The van der Waals surface area contributed by atoms with Crippen LogP contribution in [-0.4, -0.2) is 78.9 Å². The smallest absolute Gasteiger partial charge is 0.352 e. The first-order valence-corrected chi connectivity index (χ1v) is 9.23. The highest BCUT2D eigenvalue weighted by Gasteiger charge is 2.54. The zero-order chi connectivity index (χ0) is 19.7. The number of fused-ring (bicyclic) bond motifs is 1. The molecule has 1 fully saturated rings. The van der Waals surface area contributed by atoms with Gasteiger partial charge in [-0.25, -0.2) is 4.79 Å². The predicted octanol–water partition coefficient (Wildman–Crippen LogP) is -1.80. The molecule has 2 aliphatic heterocycles. The van der Waals surface area contributed by atoms with Gasteiger partial charge in [0.05, 0.1) is 6.61 Å². The molecule has 144 valence electrons. The van der Waals surface area contributed by atoms with Gasteiger partial charge >= 0.3 is 5.97 Å². The highest BCUT2D eigenvalue weighted by molar-refractivity contribution is 8.00. The number of hydrogen-bond donors (Lipinski definition) is 4. The third kappa shape index (κ3) is 3.33. The van der Waals surface area contributed by atoms with Crippen LogP contribution in [0.2, 0.25) is 0 Å². The van der Waals surface area contributed by atoms with Gasteiger partial charge in [0.2, 0.25) is 11.5 Å². The van der Waals surface area contributed by atoms with E-state index in [1.807, 2.05) is 0 Å². The fourth-order valence-corrected chi connectivity index (χ4v) is 4.39. The molecule has 2 atom stereocenters. The summed E-state index contributed by atoms with van der Waals surface area (Å²) in [4.78, 5) is 45.9. The molecule has 1 unspecified atom stereocenters. The first-order valence-electron chi connectivity index (χ1n) is 7.41. The maximum atomic E-state index is 12.5. The molecule has 0 saturated carbocycles. The molecule has 0 aromatic carbocycles. The van der Waals surface area contributed by atoms with Crippen LogP contribution in [0.4, 0.5) is 5.13 Å². The number of carbonyl (C=O) groups is 3. The monoisotopic (exact) mass is 414 g/mol. The molecule has 0 bridgehead atoms. The Morgan fingerprint density at radius 1 is 1.52 bits per heavy atom. The number of nitrogens with zero attached hydrogens (tertiary/aromatic N) is 4. The van der Waals surface area contributed by atoms with E-state index in [0.717, 1.165) is 16.4 Å². The van der Waals surface area contributed by atoms with E-state index < -0.39 is 35.8 Å². The number of carboxylic acids is 1. The number of aliphatic carboxylic acids is 1. The van der Waals surface area contributed by atoms with Crippen molar-refractivity contribution in [3.8, 4) is 0 Å². The van der Waals surface area contributed by atoms with E-state index in [-0.39, 0.29) is 33.7 Å². The first kappa shape index (κ1) is 19.1. The summed E-state index contributed by atoms with van der Waals surface area (Å²) in [5.74, 6) is -2.51. The van der Waals surface area contributed by atoms with E-state index >= 15 is 0 Å². The van der Waals surface area contributed by atoms with E-state index in [1.165, 1.54) is 18.9 Å². The number of nitrogens with two attached hydrogens (primary N) is 1. The summed E-state index contributed by atoms with van der Waals surface area (Å²) < 4.78 is 3.88. The van der Waals surface area contributed by atoms with E-state index in [1.54, 1.807) is 0 Å². The molecule has 0 aliphatic carbocycles. The zero-order valence-electron chi connectivity index (χ0n) is 13.8. The molecule has 3 rings (SSSR count). The number of nitrogen functional groups attached to an aromatic ring is 1. The average Bonchev–Trinajstić information content (AvgIpc) is 3.08. The maximum absolute atomic E-state index is 12.5. The zero-order valence-corrected chi connectivity index (χ0v) is 15.4. The third-order valence-corrected chi connectivity index (χ3v) is 5.66. The number of carboxylic acid groups (broad SMARTS) is 1. The van der Waals surface area contributed by atoms with Crippen molar-refractivity contribution in [1.29, 1.82) is 0 Å². The van der Waals surface area contributed by atoms with Crippen molar-refractivity contribution in [3.63, 3.8) is 0 Å². The Morgan fingerprint density at radius 2 is 2.26 bits per heavy atom. The van der Waals surface area contributed by atoms with Gasteiger partial charge in [-0.2, -0.15) is 9.36 Å². The third-order valence-electron chi connectivity index (χ3n) is 3.78. The van der Waals surface area contributed by atoms with Crippen molar-refractivity contribution >= 4 is 51.9 Å². The van der Waals surface area contributed by atoms with Crippen LogP contribution < -0.4 is 11.1 Å². The number of hydrogen-bond acceptors (Lipinski definition) is 11. The van der Waals surface area contributed by atoms with Crippen LogP contribution in [-0.2, 0) is 19.2 Å². The Labute approximate surface area is 160 Å². The van der Waals surface area contributed by atoms with Gasteiger partial charge in [-0.05, 0) is 5.57 Å². The predicted molar refractivity (Wildman–Crippen MR) is 94.6 cm³/mol. The lowest BCUT2D eigenvalue weighted by molar-refractivity contribution is -0.150. The average molecular weight is 414 g/mol. The number of β-lactam (4-membered cyclic amide) rings is 1. The quantitative estimate of drug-likeness (QED) is 0.236. The SMILES string of the molecule is CO/N=C(\C(=O)NC1C(=O)N2C(C(=O)O)=C(CO)CS[C@H]12)c1nsc(N)n1. The number of carbonyl (C=O) groups excluding carboxylic acids is 2. The first-order chi connectivity index (χ1) is 12.9. The molecule has 12 nitrogen and oxygen atoms in total. The Bertz CT molecular complexity index is 867. The van der Waals surface area contributed by atoms with E-state index in [9.17, 15) is 24.6 Å². The number of amides is 2. The van der Waals surface area contributed by atoms with Gasteiger partial charge in [0, 0.05) is 17.3 Å². The number of nitrogens with one attached hydrogen (secondary N) is 1. The molecule has 1 aromatic rings. The van der Waals surface area contributed by atoms with Gasteiger partial charge in [0.15, 0.2) is 5.13 Å². The normalized spacial score (nSPS) is 22.2. The molecule has 2 amide bonds. The second-order valence-electron chi connectivity index (χ2n) is 5.36. The summed E-state index contributed by atoms with van der Waals surface area (Å²) in [5.41, 5.74) is 5.23. The summed E-state index contributed by atoms with van der Waals surface area (Å²) in [5, 5.41) is 24.2. The topological polar surface area (TPSA) is 180 Å². The van der Waals surface area contributed by atoms with Crippen molar-refractivity contribution in [1.82, 2.24) is 19.6 Å². The standard InChI is InChI=1S/C13H14N6O6S2/c1-25-17-5(8-16-13(14)27-18-8)9(21)15-6-10(22)19-7(12(23)24)4(2-20)3-26-11(6)19/h6,11,20H,2-3H2,1H3,(H,15,21)(H,23,24)(H2,14,16,18)/b17-5-/t6?,11-/m1/s1. The lowest BCUT2D eigenvalue weighted by atomic mass is 10.0. The molecule has 14 heteroatoms. The van der Waals surface area contributed by atoms with Crippen molar-refractivity contribution in [3.05, 3.63) is 17.1 Å². The molecule has 0 radical (unpaired) electrons.